The molecule has 0 aliphatic heterocycles. The Hall–Kier alpha value is -2.17. The van der Waals surface area contributed by atoms with E-state index in [4.69, 9.17) is 5.11 Å². The van der Waals surface area contributed by atoms with Crippen molar-refractivity contribution in [3.63, 3.8) is 0 Å². The number of amides is 1. The molecule has 0 saturated heterocycles. The van der Waals surface area contributed by atoms with E-state index in [2.05, 4.69) is 0 Å². The van der Waals surface area contributed by atoms with Crippen LogP contribution in [0.25, 0.3) is 6.08 Å². The molecule has 1 rings (SSSR count). The van der Waals surface area contributed by atoms with Crippen LogP contribution in [-0.4, -0.2) is 35.5 Å². The Bertz CT molecular complexity index is 457. The fourth-order valence-corrected chi connectivity index (χ4v) is 1.19. The van der Waals surface area contributed by atoms with E-state index in [-0.39, 0.29) is 6.54 Å². The van der Waals surface area contributed by atoms with Crippen LogP contribution in [0.4, 0.5) is 4.39 Å². The molecule has 0 aliphatic rings. The molecular weight excluding hydrogens is 225 g/mol. The van der Waals surface area contributed by atoms with E-state index in [1.807, 2.05) is 0 Å². The van der Waals surface area contributed by atoms with Gasteiger partial charge in [0.05, 0.1) is 0 Å². The van der Waals surface area contributed by atoms with Crippen molar-refractivity contribution in [3.8, 4) is 0 Å². The molecule has 1 aromatic rings. The van der Waals surface area contributed by atoms with E-state index in [9.17, 15) is 14.0 Å². The van der Waals surface area contributed by atoms with E-state index in [1.54, 1.807) is 6.07 Å². The van der Waals surface area contributed by atoms with Gasteiger partial charge in [0.1, 0.15) is 12.4 Å². The maximum atomic E-state index is 12.8. The average Bonchev–Trinajstić information content (AvgIpc) is 2.25. The number of carbonyl (C=O) groups excluding carboxylic acids is 1. The number of hydrogen-bond acceptors (Lipinski definition) is 2. The third kappa shape index (κ3) is 4.46. The Labute approximate surface area is 98.0 Å². The van der Waals surface area contributed by atoms with Crippen LogP contribution in [0.5, 0.6) is 0 Å². The summed E-state index contributed by atoms with van der Waals surface area (Å²) in [5.41, 5.74) is 0.544. The van der Waals surface area contributed by atoms with Crippen molar-refractivity contribution in [2.45, 2.75) is 0 Å². The molecule has 90 valence electrons. The molecule has 0 aliphatic carbocycles. The van der Waals surface area contributed by atoms with Gasteiger partial charge in [-0.1, -0.05) is 12.1 Å². The fraction of sp³-hybridized carbons (Fsp3) is 0.167. The van der Waals surface area contributed by atoms with Gasteiger partial charge in [0, 0.05) is 13.1 Å². The third-order valence-electron chi connectivity index (χ3n) is 2.02. The number of carbonyl (C=O) groups is 2. The average molecular weight is 237 g/mol. The van der Waals surface area contributed by atoms with Crippen molar-refractivity contribution in [3.05, 3.63) is 41.7 Å². The molecule has 5 heteroatoms. The van der Waals surface area contributed by atoms with Crippen molar-refractivity contribution in [1.29, 1.82) is 0 Å². The van der Waals surface area contributed by atoms with Gasteiger partial charge in [-0.3, -0.25) is 9.59 Å². The summed E-state index contributed by atoms with van der Waals surface area (Å²) in [5, 5.41) is 8.49. The van der Waals surface area contributed by atoms with Crippen LogP contribution in [0.3, 0.4) is 0 Å². The first kappa shape index (κ1) is 12.9. The third-order valence-corrected chi connectivity index (χ3v) is 2.02. The Kier molecular flexibility index (Phi) is 4.39. The summed E-state index contributed by atoms with van der Waals surface area (Å²) in [6.07, 6.45) is 2.64. The van der Waals surface area contributed by atoms with Crippen molar-refractivity contribution < 1.29 is 19.1 Å². The van der Waals surface area contributed by atoms with Gasteiger partial charge < -0.3 is 10.0 Å². The molecule has 0 bridgehead atoms. The molecule has 17 heavy (non-hydrogen) atoms. The van der Waals surface area contributed by atoms with Gasteiger partial charge >= 0.3 is 5.97 Å². The molecule has 1 amide bonds. The molecule has 0 radical (unpaired) electrons. The second kappa shape index (κ2) is 5.79. The number of carboxylic acid groups (broad SMARTS) is 1. The topological polar surface area (TPSA) is 57.6 Å². The Morgan fingerprint density at radius 1 is 1.47 bits per heavy atom. The van der Waals surface area contributed by atoms with Crippen LogP contribution in [-0.2, 0) is 9.59 Å². The quantitative estimate of drug-likeness (QED) is 0.805. The Morgan fingerprint density at radius 2 is 2.18 bits per heavy atom. The molecule has 0 spiro atoms. The van der Waals surface area contributed by atoms with Crippen molar-refractivity contribution in [2.75, 3.05) is 13.6 Å². The molecule has 0 unspecified atom stereocenters. The SMILES string of the molecule is CN(CC(=O)O)C(=O)/C=C/c1cccc(F)c1. The lowest BCUT2D eigenvalue weighted by Crippen LogP contribution is -2.30. The van der Waals surface area contributed by atoms with Gasteiger partial charge in [-0.2, -0.15) is 0 Å². The van der Waals surface area contributed by atoms with Gasteiger partial charge in [-0.15, -0.1) is 0 Å². The number of hydrogen-bond donors (Lipinski definition) is 1. The molecular formula is C12H12FNO3. The molecule has 0 saturated carbocycles. The second-order valence-electron chi connectivity index (χ2n) is 3.48. The predicted octanol–water partition coefficient (Wildman–Crippen LogP) is 1.38. The minimum absolute atomic E-state index is 0.369. The van der Waals surface area contributed by atoms with Crippen LogP contribution in [0.1, 0.15) is 5.56 Å². The van der Waals surface area contributed by atoms with Gasteiger partial charge in [-0.25, -0.2) is 4.39 Å². The zero-order valence-electron chi connectivity index (χ0n) is 9.26. The van der Waals surface area contributed by atoms with Gasteiger partial charge in [0.2, 0.25) is 5.91 Å². The molecule has 0 atom stereocenters. The van der Waals surface area contributed by atoms with E-state index in [0.717, 1.165) is 4.90 Å². The normalized spacial score (nSPS) is 10.5. The summed E-state index contributed by atoms with van der Waals surface area (Å²) in [6, 6.07) is 5.75. The summed E-state index contributed by atoms with van der Waals surface area (Å²) in [7, 11) is 1.38. The largest absolute Gasteiger partial charge is 0.480 e. The number of likely N-dealkylation sites (N-methyl/N-ethyl adjacent to an activating group) is 1. The number of rotatable bonds is 4. The van der Waals surface area contributed by atoms with E-state index in [0.29, 0.717) is 5.56 Å². The first-order valence-electron chi connectivity index (χ1n) is 4.89. The lowest BCUT2D eigenvalue weighted by Gasteiger charge is -2.11. The van der Waals surface area contributed by atoms with Crippen LogP contribution < -0.4 is 0 Å². The molecule has 1 N–H and O–H groups in total. The highest BCUT2D eigenvalue weighted by Gasteiger charge is 2.08. The lowest BCUT2D eigenvalue weighted by atomic mass is 10.2. The maximum Gasteiger partial charge on any atom is 0.323 e. The molecule has 1 aromatic carbocycles. The minimum atomic E-state index is -1.08. The Morgan fingerprint density at radius 3 is 2.76 bits per heavy atom. The monoisotopic (exact) mass is 237 g/mol. The van der Waals surface area contributed by atoms with Gasteiger partial charge in [0.15, 0.2) is 0 Å². The van der Waals surface area contributed by atoms with Crippen molar-refractivity contribution in [1.82, 2.24) is 4.90 Å². The summed E-state index contributed by atoms with van der Waals surface area (Å²) >= 11 is 0. The number of carboxylic acids is 1. The van der Waals surface area contributed by atoms with Crippen LogP contribution >= 0.6 is 0 Å². The predicted molar refractivity (Wildman–Crippen MR) is 60.7 cm³/mol. The Balaban J connectivity index is 2.65. The number of nitrogens with zero attached hydrogens (tertiary/aromatic N) is 1. The first-order valence-corrected chi connectivity index (χ1v) is 4.89. The zero-order chi connectivity index (χ0) is 12.8. The standard InChI is InChI=1S/C12H12FNO3/c1-14(8-12(16)17)11(15)6-5-9-3-2-4-10(13)7-9/h2-7H,8H2,1H3,(H,16,17)/b6-5+. The van der Waals surface area contributed by atoms with Crippen LogP contribution in [0.2, 0.25) is 0 Å². The van der Waals surface area contributed by atoms with E-state index >= 15 is 0 Å². The highest BCUT2D eigenvalue weighted by Crippen LogP contribution is 2.05. The summed E-state index contributed by atoms with van der Waals surface area (Å²) < 4.78 is 12.8. The first-order chi connectivity index (χ1) is 7.99. The van der Waals surface area contributed by atoms with E-state index < -0.39 is 17.7 Å². The molecule has 4 nitrogen and oxygen atoms in total. The van der Waals surface area contributed by atoms with E-state index in [1.165, 1.54) is 37.4 Å². The fourth-order valence-electron chi connectivity index (χ4n) is 1.19. The summed E-state index contributed by atoms with van der Waals surface area (Å²) in [6.45, 7) is -0.369. The van der Waals surface area contributed by atoms with Crippen molar-refractivity contribution in [2.24, 2.45) is 0 Å². The van der Waals surface area contributed by atoms with Gasteiger partial charge in [-0.05, 0) is 23.8 Å². The molecule has 0 heterocycles. The lowest BCUT2D eigenvalue weighted by molar-refractivity contribution is -0.141. The van der Waals surface area contributed by atoms with Crippen LogP contribution in [0.15, 0.2) is 30.3 Å². The summed E-state index contributed by atoms with van der Waals surface area (Å²) in [5.74, 6) is -1.92. The van der Waals surface area contributed by atoms with Crippen LogP contribution in [0, 0.1) is 5.82 Å². The highest BCUT2D eigenvalue weighted by molar-refractivity contribution is 5.93. The number of halogens is 1. The number of aliphatic carboxylic acids is 1. The zero-order valence-corrected chi connectivity index (χ0v) is 9.26. The van der Waals surface area contributed by atoms with Gasteiger partial charge in [0.25, 0.3) is 0 Å². The molecule has 0 aromatic heterocycles. The molecule has 0 fully saturated rings. The second-order valence-corrected chi connectivity index (χ2v) is 3.48. The maximum absolute atomic E-state index is 12.8. The highest BCUT2D eigenvalue weighted by atomic mass is 19.1. The smallest absolute Gasteiger partial charge is 0.323 e. The number of benzene rings is 1. The van der Waals surface area contributed by atoms with Crippen molar-refractivity contribution >= 4 is 18.0 Å². The summed E-state index contributed by atoms with van der Waals surface area (Å²) in [4.78, 5) is 22.8. The minimum Gasteiger partial charge on any atom is -0.480 e.